The maximum atomic E-state index is 11.7. The molecule has 0 bridgehead atoms. The van der Waals surface area contributed by atoms with Crippen molar-refractivity contribution in [3.05, 3.63) is 29.8 Å². The topological polar surface area (TPSA) is 69.6 Å². The Bertz CT molecular complexity index is 427. The van der Waals surface area contributed by atoms with Gasteiger partial charge in [-0.25, -0.2) is 15.2 Å². The highest BCUT2D eigenvalue weighted by Gasteiger charge is 2.28. The summed E-state index contributed by atoms with van der Waals surface area (Å²) >= 11 is 0. The minimum Gasteiger partial charge on any atom is -0.478 e. The molecule has 2 N–H and O–H groups in total. The molecule has 0 saturated carbocycles. The Hall–Kier alpha value is -1.88. The Morgan fingerprint density at radius 2 is 2.06 bits per heavy atom. The quantitative estimate of drug-likeness (QED) is 0.776. The summed E-state index contributed by atoms with van der Waals surface area (Å²) in [5.74, 6) is -1.01. The van der Waals surface area contributed by atoms with Crippen LogP contribution >= 0.6 is 0 Å². The van der Waals surface area contributed by atoms with E-state index in [0.717, 1.165) is 0 Å². The molecule has 84 valence electrons. The molecule has 0 aromatic heterocycles. The standard InChI is InChI=1S/C11H12N2O3/c1-7-6-12-13(10(7)14)9-4-2-8(3-5-9)11(15)16/h2-5,7,12H,6H2,1H3,(H,15,16). The SMILES string of the molecule is CC1CNN(c2ccc(C(=O)O)cc2)C1=O. The zero-order valence-electron chi connectivity index (χ0n) is 8.80. The molecule has 1 aromatic rings. The Balaban J connectivity index is 2.22. The monoisotopic (exact) mass is 220 g/mol. The van der Waals surface area contributed by atoms with Crippen LogP contribution in [0.15, 0.2) is 24.3 Å². The average Bonchev–Trinajstić information content (AvgIpc) is 2.60. The third-order valence-corrected chi connectivity index (χ3v) is 2.57. The maximum absolute atomic E-state index is 11.7. The van der Waals surface area contributed by atoms with Crippen LogP contribution in [0, 0.1) is 5.92 Å². The molecule has 0 spiro atoms. The molecule has 0 radical (unpaired) electrons. The summed E-state index contributed by atoms with van der Waals surface area (Å²) in [4.78, 5) is 22.3. The minimum atomic E-state index is -0.972. The van der Waals surface area contributed by atoms with Gasteiger partial charge in [0.2, 0.25) is 5.91 Å². The fraction of sp³-hybridized carbons (Fsp3) is 0.273. The number of nitrogens with zero attached hydrogens (tertiary/aromatic N) is 1. The van der Waals surface area contributed by atoms with E-state index in [2.05, 4.69) is 5.43 Å². The van der Waals surface area contributed by atoms with E-state index in [4.69, 9.17) is 5.11 Å². The zero-order valence-corrected chi connectivity index (χ0v) is 8.80. The fourth-order valence-corrected chi connectivity index (χ4v) is 1.59. The van der Waals surface area contributed by atoms with Crippen LogP contribution in [0.25, 0.3) is 0 Å². The normalized spacial score (nSPS) is 20.2. The van der Waals surface area contributed by atoms with Crippen LogP contribution < -0.4 is 10.4 Å². The summed E-state index contributed by atoms with van der Waals surface area (Å²) in [6.45, 7) is 2.46. The Morgan fingerprint density at radius 1 is 1.44 bits per heavy atom. The number of rotatable bonds is 2. The number of anilines is 1. The molecule has 1 atom stereocenters. The molecule has 1 unspecified atom stereocenters. The van der Waals surface area contributed by atoms with E-state index >= 15 is 0 Å². The van der Waals surface area contributed by atoms with Crippen LogP contribution in [-0.2, 0) is 4.79 Å². The highest BCUT2D eigenvalue weighted by atomic mass is 16.4. The van der Waals surface area contributed by atoms with Crippen molar-refractivity contribution in [3.8, 4) is 0 Å². The first-order valence-electron chi connectivity index (χ1n) is 5.00. The molecule has 1 aromatic carbocycles. The van der Waals surface area contributed by atoms with Gasteiger partial charge in [0, 0.05) is 6.54 Å². The zero-order chi connectivity index (χ0) is 11.7. The van der Waals surface area contributed by atoms with Crippen LogP contribution in [-0.4, -0.2) is 23.5 Å². The Morgan fingerprint density at radius 3 is 2.50 bits per heavy atom. The van der Waals surface area contributed by atoms with Gasteiger partial charge in [-0.2, -0.15) is 0 Å². The number of carboxylic acids is 1. The summed E-state index contributed by atoms with van der Waals surface area (Å²) in [5.41, 5.74) is 3.84. The van der Waals surface area contributed by atoms with Gasteiger partial charge in [-0.3, -0.25) is 4.79 Å². The van der Waals surface area contributed by atoms with Crippen molar-refractivity contribution < 1.29 is 14.7 Å². The molecule has 5 heteroatoms. The number of benzene rings is 1. The van der Waals surface area contributed by atoms with E-state index in [9.17, 15) is 9.59 Å². The van der Waals surface area contributed by atoms with Gasteiger partial charge in [0.15, 0.2) is 0 Å². The lowest BCUT2D eigenvalue weighted by atomic mass is 10.2. The summed E-state index contributed by atoms with van der Waals surface area (Å²) in [5, 5.41) is 10.2. The smallest absolute Gasteiger partial charge is 0.335 e. The highest BCUT2D eigenvalue weighted by molar-refractivity contribution is 5.96. The van der Waals surface area contributed by atoms with E-state index < -0.39 is 5.97 Å². The Labute approximate surface area is 92.6 Å². The predicted octanol–water partition coefficient (Wildman–Crippen LogP) is 0.872. The molecule has 5 nitrogen and oxygen atoms in total. The number of hydrogen-bond acceptors (Lipinski definition) is 3. The molecule has 1 aliphatic heterocycles. The van der Waals surface area contributed by atoms with Gasteiger partial charge in [0.25, 0.3) is 0 Å². The fourth-order valence-electron chi connectivity index (χ4n) is 1.59. The lowest BCUT2D eigenvalue weighted by Crippen LogP contribution is -2.34. The minimum absolute atomic E-state index is 0.00285. The highest BCUT2D eigenvalue weighted by Crippen LogP contribution is 2.19. The molecule has 0 aliphatic carbocycles. The van der Waals surface area contributed by atoms with Crippen LogP contribution in [0.3, 0.4) is 0 Å². The van der Waals surface area contributed by atoms with Crippen LogP contribution in [0.1, 0.15) is 17.3 Å². The number of carbonyl (C=O) groups is 2. The third-order valence-electron chi connectivity index (χ3n) is 2.57. The number of hydrogen-bond donors (Lipinski definition) is 2. The van der Waals surface area contributed by atoms with Crippen molar-refractivity contribution in [1.29, 1.82) is 0 Å². The first kappa shape index (κ1) is 10.6. The van der Waals surface area contributed by atoms with E-state index in [1.54, 1.807) is 12.1 Å². The number of nitrogens with one attached hydrogen (secondary N) is 1. The molecule has 1 aliphatic rings. The van der Waals surface area contributed by atoms with Gasteiger partial charge in [0.1, 0.15) is 0 Å². The number of carbonyl (C=O) groups excluding carboxylic acids is 1. The van der Waals surface area contributed by atoms with Gasteiger partial charge in [-0.1, -0.05) is 6.92 Å². The lowest BCUT2D eigenvalue weighted by Gasteiger charge is -2.15. The second-order valence-electron chi connectivity index (χ2n) is 3.79. The van der Waals surface area contributed by atoms with E-state index in [-0.39, 0.29) is 17.4 Å². The predicted molar refractivity (Wildman–Crippen MR) is 58.1 cm³/mol. The number of hydrazine groups is 1. The molecular weight excluding hydrogens is 208 g/mol. The maximum Gasteiger partial charge on any atom is 0.335 e. The molecule has 1 amide bonds. The molecule has 1 heterocycles. The number of carboxylic acid groups (broad SMARTS) is 1. The van der Waals surface area contributed by atoms with Gasteiger partial charge < -0.3 is 5.11 Å². The third kappa shape index (κ3) is 1.77. The van der Waals surface area contributed by atoms with E-state index in [1.165, 1.54) is 17.1 Å². The second-order valence-corrected chi connectivity index (χ2v) is 3.79. The van der Waals surface area contributed by atoms with Crippen molar-refractivity contribution >= 4 is 17.6 Å². The van der Waals surface area contributed by atoms with Crippen molar-refractivity contribution in [2.45, 2.75) is 6.92 Å². The lowest BCUT2D eigenvalue weighted by molar-refractivity contribution is -0.119. The number of aromatic carboxylic acids is 1. The summed E-state index contributed by atoms with van der Waals surface area (Å²) in [7, 11) is 0. The van der Waals surface area contributed by atoms with Crippen LogP contribution in [0.5, 0.6) is 0 Å². The molecule has 16 heavy (non-hydrogen) atoms. The van der Waals surface area contributed by atoms with Crippen molar-refractivity contribution in [1.82, 2.24) is 5.43 Å². The average molecular weight is 220 g/mol. The van der Waals surface area contributed by atoms with Crippen LogP contribution in [0.4, 0.5) is 5.69 Å². The number of amides is 1. The first-order chi connectivity index (χ1) is 7.59. The molecule has 2 rings (SSSR count). The van der Waals surface area contributed by atoms with Gasteiger partial charge in [0.05, 0.1) is 17.2 Å². The van der Waals surface area contributed by atoms with Crippen molar-refractivity contribution in [2.24, 2.45) is 5.92 Å². The van der Waals surface area contributed by atoms with Gasteiger partial charge in [-0.05, 0) is 24.3 Å². The first-order valence-corrected chi connectivity index (χ1v) is 5.00. The van der Waals surface area contributed by atoms with Crippen molar-refractivity contribution in [2.75, 3.05) is 11.6 Å². The molecule has 1 saturated heterocycles. The summed E-state index contributed by atoms with van der Waals surface area (Å²) < 4.78 is 0. The molecular formula is C11H12N2O3. The van der Waals surface area contributed by atoms with Crippen molar-refractivity contribution in [3.63, 3.8) is 0 Å². The van der Waals surface area contributed by atoms with Crippen LogP contribution in [0.2, 0.25) is 0 Å². The Kier molecular flexibility index (Phi) is 2.62. The van der Waals surface area contributed by atoms with E-state index in [0.29, 0.717) is 12.2 Å². The molecule has 1 fully saturated rings. The second kappa shape index (κ2) is 3.94. The van der Waals surface area contributed by atoms with Gasteiger partial charge >= 0.3 is 5.97 Å². The summed E-state index contributed by atoms with van der Waals surface area (Å²) in [6, 6.07) is 6.20. The largest absolute Gasteiger partial charge is 0.478 e. The summed E-state index contributed by atoms with van der Waals surface area (Å²) in [6.07, 6.45) is 0. The van der Waals surface area contributed by atoms with Gasteiger partial charge in [-0.15, -0.1) is 0 Å². The van der Waals surface area contributed by atoms with E-state index in [1.807, 2.05) is 6.92 Å².